The van der Waals surface area contributed by atoms with Crippen LogP contribution in [0, 0.1) is 5.92 Å². The van der Waals surface area contributed by atoms with Crippen LogP contribution in [0.15, 0.2) is 48.7 Å². The van der Waals surface area contributed by atoms with E-state index in [0.717, 1.165) is 17.8 Å². The zero-order valence-electron chi connectivity index (χ0n) is 13.7. The van der Waals surface area contributed by atoms with Gasteiger partial charge in [0.25, 0.3) is 0 Å². The second kappa shape index (κ2) is 7.15. The number of nitrogens with one attached hydrogen (secondary N) is 1. The summed E-state index contributed by atoms with van der Waals surface area (Å²) < 4.78 is 37.7. The lowest BCUT2D eigenvalue weighted by Gasteiger charge is -2.16. The quantitative estimate of drug-likeness (QED) is 0.908. The minimum atomic E-state index is -4.42. The van der Waals surface area contributed by atoms with Gasteiger partial charge in [-0.2, -0.15) is 13.2 Å². The molecule has 1 fully saturated rings. The third-order valence-electron chi connectivity index (χ3n) is 4.14. The van der Waals surface area contributed by atoms with Crippen LogP contribution in [0.1, 0.15) is 17.7 Å². The maximum atomic E-state index is 12.6. The van der Waals surface area contributed by atoms with Crippen LogP contribution < -0.4 is 5.32 Å². The number of benzene rings is 1. The number of hydrogen-bond acceptors (Lipinski definition) is 3. The molecule has 1 N–H and O–H groups in total. The largest absolute Gasteiger partial charge is 0.416 e. The fourth-order valence-electron chi connectivity index (χ4n) is 2.77. The summed E-state index contributed by atoms with van der Waals surface area (Å²) in [5.74, 6) is -1.08. The van der Waals surface area contributed by atoms with Crippen molar-refractivity contribution in [2.24, 2.45) is 5.92 Å². The number of hydrogen-bond donors (Lipinski definition) is 1. The molecule has 3 rings (SSSR count). The molecular weight excluding hydrogens is 347 g/mol. The van der Waals surface area contributed by atoms with Crippen LogP contribution in [-0.2, 0) is 22.3 Å². The van der Waals surface area contributed by atoms with Crippen LogP contribution in [-0.4, -0.2) is 28.2 Å². The number of anilines is 1. The molecule has 2 aromatic rings. The lowest BCUT2D eigenvalue weighted by molar-refractivity contribution is -0.137. The highest BCUT2D eigenvalue weighted by Crippen LogP contribution is 2.30. The number of carbonyl (C=O) groups excluding carboxylic acids is 2. The minimum absolute atomic E-state index is 0.0688. The molecule has 1 aromatic heterocycles. The molecule has 1 unspecified atom stereocenters. The van der Waals surface area contributed by atoms with E-state index in [-0.39, 0.29) is 30.5 Å². The molecule has 1 aromatic carbocycles. The van der Waals surface area contributed by atoms with Gasteiger partial charge in [0.2, 0.25) is 11.8 Å². The zero-order chi connectivity index (χ0) is 18.7. The van der Waals surface area contributed by atoms with Gasteiger partial charge in [-0.15, -0.1) is 0 Å². The molecule has 0 saturated carbocycles. The van der Waals surface area contributed by atoms with Gasteiger partial charge in [-0.05, 0) is 36.4 Å². The number of alkyl halides is 3. The highest BCUT2D eigenvalue weighted by molar-refractivity contribution is 5.97. The normalized spacial score (nSPS) is 17.4. The van der Waals surface area contributed by atoms with Crippen molar-refractivity contribution in [1.82, 2.24) is 9.88 Å². The van der Waals surface area contributed by atoms with Gasteiger partial charge in [-0.1, -0.05) is 6.07 Å². The second-order valence-corrected chi connectivity index (χ2v) is 6.06. The Kier molecular flexibility index (Phi) is 4.92. The molecule has 1 aliphatic heterocycles. The van der Waals surface area contributed by atoms with E-state index in [9.17, 15) is 22.8 Å². The molecule has 0 aliphatic carbocycles. The summed E-state index contributed by atoms with van der Waals surface area (Å²) in [4.78, 5) is 30.1. The molecule has 8 heteroatoms. The molecule has 0 spiro atoms. The van der Waals surface area contributed by atoms with Gasteiger partial charge < -0.3 is 10.2 Å². The van der Waals surface area contributed by atoms with E-state index in [1.807, 2.05) is 6.07 Å². The van der Waals surface area contributed by atoms with Crippen LogP contribution in [0.2, 0.25) is 0 Å². The predicted octanol–water partition coefficient (Wildman–Crippen LogP) is 3.09. The number of carbonyl (C=O) groups is 2. The van der Waals surface area contributed by atoms with Crippen molar-refractivity contribution in [2.75, 3.05) is 11.9 Å². The first kappa shape index (κ1) is 17.9. The van der Waals surface area contributed by atoms with Crippen molar-refractivity contribution in [2.45, 2.75) is 19.1 Å². The average Bonchev–Trinajstić information content (AvgIpc) is 2.96. The molecule has 26 heavy (non-hydrogen) atoms. The Labute approximate surface area is 147 Å². The Balaban J connectivity index is 1.59. The van der Waals surface area contributed by atoms with E-state index in [4.69, 9.17) is 0 Å². The molecule has 2 amide bonds. The summed E-state index contributed by atoms with van der Waals surface area (Å²) in [5.41, 5.74) is 0.205. The van der Waals surface area contributed by atoms with E-state index in [0.29, 0.717) is 6.54 Å². The van der Waals surface area contributed by atoms with Gasteiger partial charge in [0, 0.05) is 24.8 Å². The van der Waals surface area contributed by atoms with Crippen LogP contribution in [0.3, 0.4) is 0 Å². The maximum Gasteiger partial charge on any atom is 0.416 e. The smallest absolute Gasteiger partial charge is 0.336 e. The number of halogens is 3. The average molecular weight is 363 g/mol. The summed E-state index contributed by atoms with van der Waals surface area (Å²) in [7, 11) is 0. The summed E-state index contributed by atoms with van der Waals surface area (Å²) >= 11 is 0. The Hall–Kier alpha value is -2.90. The molecule has 136 valence electrons. The molecular formula is C18H16F3N3O2. The van der Waals surface area contributed by atoms with Crippen molar-refractivity contribution in [3.8, 4) is 0 Å². The fourth-order valence-corrected chi connectivity index (χ4v) is 2.77. The minimum Gasteiger partial charge on any atom is -0.336 e. The molecule has 2 heterocycles. The zero-order valence-corrected chi connectivity index (χ0v) is 13.7. The summed E-state index contributed by atoms with van der Waals surface area (Å²) in [5, 5.41) is 2.57. The number of nitrogens with zero attached hydrogens (tertiary/aromatic N) is 2. The predicted molar refractivity (Wildman–Crippen MR) is 87.8 cm³/mol. The Morgan fingerprint density at radius 1 is 1.19 bits per heavy atom. The summed E-state index contributed by atoms with van der Waals surface area (Å²) in [6.45, 7) is 0.575. The molecule has 5 nitrogen and oxygen atoms in total. The Bertz CT molecular complexity index is 792. The highest BCUT2D eigenvalue weighted by Gasteiger charge is 2.34. The van der Waals surface area contributed by atoms with Crippen molar-refractivity contribution in [3.63, 3.8) is 0 Å². The van der Waals surface area contributed by atoms with Gasteiger partial charge >= 0.3 is 6.18 Å². The van der Waals surface area contributed by atoms with Crippen LogP contribution in [0.4, 0.5) is 18.9 Å². The SMILES string of the molecule is O=C(Nc1ccc(C(F)(F)F)cc1)C1CC(=O)N(Cc2ccccn2)C1. The first-order chi connectivity index (χ1) is 12.3. The third-order valence-corrected chi connectivity index (χ3v) is 4.14. The Morgan fingerprint density at radius 2 is 1.92 bits per heavy atom. The summed E-state index contributed by atoms with van der Waals surface area (Å²) in [6.07, 6.45) is -2.73. The number of pyridine rings is 1. The first-order valence-electron chi connectivity index (χ1n) is 7.99. The maximum absolute atomic E-state index is 12.6. The Morgan fingerprint density at radius 3 is 2.54 bits per heavy atom. The third kappa shape index (κ3) is 4.19. The molecule has 0 radical (unpaired) electrons. The number of likely N-dealkylation sites (tertiary alicyclic amines) is 1. The highest BCUT2D eigenvalue weighted by atomic mass is 19.4. The van der Waals surface area contributed by atoms with E-state index in [2.05, 4.69) is 10.3 Å². The van der Waals surface area contributed by atoms with Crippen molar-refractivity contribution < 1.29 is 22.8 Å². The van der Waals surface area contributed by atoms with Gasteiger partial charge in [0.05, 0.1) is 23.7 Å². The first-order valence-corrected chi connectivity index (χ1v) is 7.99. The lowest BCUT2D eigenvalue weighted by Crippen LogP contribution is -2.28. The van der Waals surface area contributed by atoms with Gasteiger partial charge in [-0.25, -0.2) is 0 Å². The van der Waals surface area contributed by atoms with Crippen LogP contribution in [0.25, 0.3) is 0 Å². The van der Waals surface area contributed by atoms with Gasteiger partial charge in [0.15, 0.2) is 0 Å². The van der Waals surface area contributed by atoms with E-state index in [1.165, 1.54) is 12.1 Å². The number of aromatic nitrogens is 1. The molecule has 0 bridgehead atoms. The fraction of sp³-hybridized carbons (Fsp3) is 0.278. The lowest BCUT2D eigenvalue weighted by atomic mass is 10.1. The summed E-state index contributed by atoms with van der Waals surface area (Å²) in [6, 6.07) is 9.59. The van der Waals surface area contributed by atoms with Crippen LogP contribution >= 0.6 is 0 Å². The van der Waals surface area contributed by atoms with E-state index < -0.39 is 17.7 Å². The van der Waals surface area contributed by atoms with Crippen molar-refractivity contribution in [1.29, 1.82) is 0 Å². The number of amides is 2. The van der Waals surface area contributed by atoms with Gasteiger partial charge in [0.1, 0.15) is 0 Å². The molecule has 1 aliphatic rings. The van der Waals surface area contributed by atoms with E-state index in [1.54, 1.807) is 23.2 Å². The van der Waals surface area contributed by atoms with E-state index >= 15 is 0 Å². The molecule has 1 saturated heterocycles. The second-order valence-electron chi connectivity index (χ2n) is 6.06. The van der Waals surface area contributed by atoms with Gasteiger partial charge in [-0.3, -0.25) is 14.6 Å². The number of rotatable bonds is 4. The van der Waals surface area contributed by atoms with Crippen LogP contribution in [0.5, 0.6) is 0 Å². The van der Waals surface area contributed by atoms with Crippen molar-refractivity contribution >= 4 is 17.5 Å². The standard InChI is InChI=1S/C18H16F3N3O2/c19-18(20,21)13-4-6-14(7-5-13)23-17(26)12-9-16(25)24(10-12)11-15-3-1-2-8-22-15/h1-8,12H,9-11H2,(H,23,26). The van der Waals surface area contributed by atoms with Crippen molar-refractivity contribution in [3.05, 3.63) is 59.9 Å². The monoisotopic (exact) mass is 363 g/mol. The molecule has 1 atom stereocenters. The topological polar surface area (TPSA) is 62.3 Å².